The van der Waals surface area contributed by atoms with E-state index >= 15 is 0 Å². The summed E-state index contributed by atoms with van der Waals surface area (Å²) < 4.78 is 1.82. The monoisotopic (exact) mass is 346 g/mol. The fourth-order valence-corrected chi connectivity index (χ4v) is 3.81. The molecule has 0 unspecified atom stereocenters. The van der Waals surface area contributed by atoms with Crippen LogP contribution in [-0.4, -0.2) is 26.5 Å². The molecule has 0 saturated heterocycles. The number of nitrogens with zero attached hydrogens (tertiary/aromatic N) is 2. The van der Waals surface area contributed by atoms with Gasteiger partial charge in [-0.2, -0.15) is 0 Å². The first kappa shape index (κ1) is 14.4. The van der Waals surface area contributed by atoms with Gasteiger partial charge in [0.05, 0.1) is 5.52 Å². The second kappa shape index (κ2) is 5.26. The Hall–Kier alpha value is -2.99. The highest BCUT2D eigenvalue weighted by Gasteiger charge is 2.32. The third-order valence-corrected chi connectivity index (χ3v) is 4.99. The number of H-pyrrole nitrogens is 1. The maximum absolute atomic E-state index is 12.9. The highest BCUT2D eigenvalue weighted by Crippen LogP contribution is 2.30. The number of anilines is 1. The Morgan fingerprint density at radius 1 is 1.08 bits per heavy atom. The van der Waals surface area contributed by atoms with Gasteiger partial charge in [0.15, 0.2) is 0 Å². The minimum atomic E-state index is -0.353. The molecule has 0 radical (unpaired) electrons. The number of aromatic nitrogens is 3. The minimum Gasteiger partial charge on any atom is -0.361 e. The van der Waals surface area contributed by atoms with E-state index in [0.29, 0.717) is 11.2 Å². The fourth-order valence-electron chi connectivity index (χ4n) is 3.53. The van der Waals surface area contributed by atoms with Crippen LogP contribution in [0.2, 0.25) is 0 Å². The molecule has 25 heavy (non-hydrogen) atoms. The fraction of sp³-hybridized carbons (Fsp3) is 0.105. The van der Waals surface area contributed by atoms with Crippen molar-refractivity contribution in [2.24, 2.45) is 0 Å². The van der Waals surface area contributed by atoms with Crippen molar-refractivity contribution in [3.63, 3.8) is 0 Å². The average molecular weight is 346 g/mol. The maximum Gasteiger partial charge on any atom is 0.257 e. The van der Waals surface area contributed by atoms with E-state index in [1.807, 2.05) is 48.7 Å². The van der Waals surface area contributed by atoms with Gasteiger partial charge in [0.1, 0.15) is 11.9 Å². The number of hydrogen-bond donors (Lipinski definition) is 2. The molecule has 4 aromatic rings. The molecule has 0 spiro atoms. The quantitative estimate of drug-likeness (QED) is 0.540. The molecule has 2 aromatic carbocycles. The van der Waals surface area contributed by atoms with Crippen molar-refractivity contribution in [3.05, 3.63) is 65.1 Å². The van der Waals surface area contributed by atoms with E-state index in [1.54, 1.807) is 0 Å². The van der Waals surface area contributed by atoms with Gasteiger partial charge >= 0.3 is 0 Å². The minimum absolute atomic E-state index is 0.0523. The molecule has 6 heteroatoms. The second-order valence-electron chi connectivity index (χ2n) is 6.19. The van der Waals surface area contributed by atoms with Gasteiger partial charge in [-0.15, -0.1) is 0 Å². The van der Waals surface area contributed by atoms with E-state index in [9.17, 15) is 4.79 Å². The van der Waals surface area contributed by atoms with Crippen molar-refractivity contribution < 1.29 is 4.79 Å². The lowest BCUT2D eigenvalue weighted by Crippen LogP contribution is -2.27. The number of carbonyl (C=O) groups excluding carboxylic acids is 1. The molecule has 0 fully saturated rings. The van der Waals surface area contributed by atoms with Crippen molar-refractivity contribution in [3.8, 4) is 0 Å². The molecule has 5 rings (SSSR count). The Morgan fingerprint density at radius 2 is 1.84 bits per heavy atom. The summed E-state index contributed by atoms with van der Waals surface area (Å²) in [4.78, 5) is 20.6. The SMILES string of the molecule is O=C1[C@@H](Cc2c[nH]c3ccccc23)Nc2c3ccccc3nc(=S)n21. The first-order chi connectivity index (χ1) is 12.2. The number of para-hydroxylation sites is 2. The van der Waals surface area contributed by atoms with Crippen LogP contribution < -0.4 is 5.32 Å². The van der Waals surface area contributed by atoms with Gasteiger partial charge in [0, 0.05) is 28.9 Å². The molecule has 3 heterocycles. The van der Waals surface area contributed by atoms with Gasteiger partial charge in [-0.05, 0) is 36.0 Å². The van der Waals surface area contributed by atoms with Crippen molar-refractivity contribution >= 4 is 45.7 Å². The van der Waals surface area contributed by atoms with Crippen LogP contribution in [0.4, 0.5) is 5.82 Å². The summed E-state index contributed by atoms with van der Waals surface area (Å²) in [6, 6.07) is 15.5. The van der Waals surface area contributed by atoms with Crippen molar-refractivity contribution in [1.82, 2.24) is 14.5 Å². The van der Waals surface area contributed by atoms with Crippen LogP contribution in [0, 0.1) is 4.77 Å². The first-order valence-corrected chi connectivity index (χ1v) is 8.51. The van der Waals surface area contributed by atoms with E-state index in [0.717, 1.165) is 33.2 Å². The van der Waals surface area contributed by atoms with Crippen LogP contribution in [0.1, 0.15) is 10.4 Å². The summed E-state index contributed by atoms with van der Waals surface area (Å²) in [6.45, 7) is 0. The van der Waals surface area contributed by atoms with Gasteiger partial charge in [0.25, 0.3) is 5.91 Å². The lowest BCUT2D eigenvalue weighted by Gasteiger charge is -2.08. The number of fused-ring (bicyclic) bond motifs is 4. The predicted octanol–water partition coefficient (Wildman–Crippen LogP) is 3.92. The molecule has 1 aliphatic heterocycles. The van der Waals surface area contributed by atoms with E-state index in [-0.39, 0.29) is 11.9 Å². The molecular weight excluding hydrogens is 332 g/mol. The normalized spacial score (nSPS) is 16.3. The van der Waals surface area contributed by atoms with Gasteiger partial charge in [0.2, 0.25) is 4.77 Å². The molecule has 1 atom stereocenters. The molecule has 0 aliphatic carbocycles. The Bertz CT molecular complexity index is 1210. The molecule has 5 nitrogen and oxygen atoms in total. The van der Waals surface area contributed by atoms with Gasteiger partial charge < -0.3 is 10.3 Å². The third kappa shape index (κ3) is 2.11. The summed E-state index contributed by atoms with van der Waals surface area (Å²) in [5, 5.41) is 5.41. The van der Waals surface area contributed by atoms with E-state index in [4.69, 9.17) is 12.2 Å². The van der Waals surface area contributed by atoms with Crippen molar-refractivity contribution in [2.75, 3.05) is 5.32 Å². The Balaban J connectivity index is 1.59. The predicted molar refractivity (Wildman–Crippen MR) is 101 cm³/mol. The van der Waals surface area contributed by atoms with Crippen molar-refractivity contribution in [2.45, 2.75) is 12.5 Å². The topological polar surface area (TPSA) is 62.7 Å². The molecule has 0 saturated carbocycles. The van der Waals surface area contributed by atoms with E-state index in [2.05, 4.69) is 21.4 Å². The molecule has 0 bridgehead atoms. The zero-order valence-corrected chi connectivity index (χ0v) is 14.0. The van der Waals surface area contributed by atoms with Crippen LogP contribution in [0.15, 0.2) is 54.7 Å². The van der Waals surface area contributed by atoms with Crippen LogP contribution in [0.25, 0.3) is 21.8 Å². The summed E-state index contributed by atoms with van der Waals surface area (Å²) in [5.74, 6) is 0.689. The molecule has 2 aromatic heterocycles. The third-order valence-electron chi connectivity index (χ3n) is 4.72. The highest BCUT2D eigenvalue weighted by atomic mass is 32.1. The second-order valence-corrected chi connectivity index (χ2v) is 6.56. The standard InChI is InChI=1S/C19H14N4OS/c24-18-16(9-11-10-20-14-7-3-1-5-12(11)14)21-17-13-6-2-4-8-15(13)22-19(25)23(17)18/h1-8,10,16,20-21H,9H2/t16-/m1/s1. The smallest absolute Gasteiger partial charge is 0.257 e. The summed E-state index contributed by atoms with van der Waals surface area (Å²) in [5.41, 5.74) is 2.98. The highest BCUT2D eigenvalue weighted by molar-refractivity contribution is 7.71. The van der Waals surface area contributed by atoms with Gasteiger partial charge in [-0.25, -0.2) is 9.55 Å². The number of aromatic amines is 1. The molecular formula is C19H14N4OS. The largest absolute Gasteiger partial charge is 0.361 e. The van der Waals surface area contributed by atoms with Gasteiger partial charge in [-0.3, -0.25) is 4.79 Å². The number of nitrogens with one attached hydrogen (secondary N) is 2. The van der Waals surface area contributed by atoms with Crippen molar-refractivity contribution in [1.29, 1.82) is 0 Å². The summed E-state index contributed by atoms with van der Waals surface area (Å²) in [6.07, 6.45) is 2.56. The molecule has 1 aliphatic rings. The number of rotatable bonds is 2. The average Bonchev–Trinajstić information content (AvgIpc) is 3.18. The lowest BCUT2D eigenvalue weighted by molar-refractivity contribution is 0.0905. The first-order valence-electron chi connectivity index (χ1n) is 8.10. The maximum atomic E-state index is 12.9. The summed E-state index contributed by atoms with van der Waals surface area (Å²) >= 11 is 5.35. The molecule has 0 amide bonds. The van der Waals surface area contributed by atoms with Crippen LogP contribution in [-0.2, 0) is 6.42 Å². The number of hydrogen-bond acceptors (Lipinski definition) is 4. The van der Waals surface area contributed by atoms with Crippen LogP contribution in [0.3, 0.4) is 0 Å². The zero-order chi connectivity index (χ0) is 17.0. The van der Waals surface area contributed by atoms with Crippen LogP contribution >= 0.6 is 12.2 Å². The zero-order valence-electron chi connectivity index (χ0n) is 13.2. The number of benzene rings is 2. The van der Waals surface area contributed by atoms with E-state index in [1.165, 1.54) is 4.57 Å². The lowest BCUT2D eigenvalue weighted by atomic mass is 10.1. The van der Waals surface area contributed by atoms with Gasteiger partial charge in [-0.1, -0.05) is 30.3 Å². The van der Waals surface area contributed by atoms with Crippen LogP contribution in [0.5, 0.6) is 0 Å². The van der Waals surface area contributed by atoms with E-state index < -0.39 is 0 Å². The summed E-state index contributed by atoms with van der Waals surface area (Å²) in [7, 11) is 0. The number of carbonyl (C=O) groups is 1. The Labute approximate surface area is 148 Å². The Kier molecular flexibility index (Phi) is 3.02. The molecule has 122 valence electrons. The molecule has 2 N–H and O–H groups in total. The Morgan fingerprint density at radius 3 is 2.72 bits per heavy atom.